The molecular formula is C24H28N2O7. The van der Waals surface area contributed by atoms with Crippen molar-refractivity contribution in [3.8, 4) is 17.2 Å². The minimum atomic E-state index is -1.62. The van der Waals surface area contributed by atoms with Crippen molar-refractivity contribution >= 4 is 23.3 Å². The Morgan fingerprint density at radius 3 is 2.30 bits per heavy atom. The number of ether oxygens (including phenoxy) is 1. The van der Waals surface area contributed by atoms with Gasteiger partial charge in [0, 0.05) is 17.3 Å². The lowest BCUT2D eigenvalue weighted by molar-refractivity contribution is -0.124. The van der Waals surface area contributed by atoms with Crippen molar-refractivity contribution in [1.82, 2.24) is 5.32 Å². The summed E-state index contributed by atoms with van der Waals surface area (Å²) in [7, 11) is 0. The number of rotatable bonds is 6. The monoisotopic (exact) mass is 456 g/mol. The molecular weight excluding hydrogens is 428 g/mol. The molecule has 1 aromatic rings. The normalized spacial score (nSPS) is 21.7. The van der Waals surface area contributed by atoms with Crippen LogP contribution in [0.25, 0.3) is 0 Å². The Morgan fingerprint density at radius 2 is 1.79 bits per heavy atom. The fraction of sp³-hybridized carbons (Fsp3) is 0.417. The van der Waals surface area contributed by atoms with Crippen LogP contribution in [0.2, 0.25) is 0 Å². The Kier molecular flexibility index (Phi) is 5.87. The number of aromatic hydroxyl groups is 2. The number of ketones is 3. The highest BCUT2D eigenvalue weighted by atomic mass is 16.5. The van der Waals surface area contributed by atoms with Gasteiger partial charge in [0.15, 0.2) is 17.3 Å². The molecule has 176 valence electrons. The molecule has 0 spiro atoms. The number of carbonyl (C=O) groups is 4. The number of hydrogen-bond acceptors (Lipinski definition) is 8. The van der Waals surface area contributed by atoms with E-state index in [9.17, 15) is 29.4 Å². The molecule has 1 heterocycles. The number of carbonyl (C=O) groups excluding carboxylic acids is 4. The maximum atomic E-state index is 13.7. The molecule has 3 rings (SSSR count). The Balaban J connectivity index is 2.21. The highest BCUT2D eigenvalue weighted by molar-refractivity contribution is 6.31. The van der Waals surface area contributed by atoms with Crippen LogP contribution in [0.3, 0.4) is 0 Å². The Bertz CT molecular complexity index is 1180. The van der Waals surface area contributed by atoms with Crippen LogP contribution in [0.5, 0.6) is 17.2 Å². The fourth-order valence-corrected chi connectivity index (χ4v) is 4.41. The van der Waals surface area contributed by atoms with Crippen LogP contribution in [0.4, 0.5) is 0 Å². The van der Waals surface area contributed by atoms with E-state index in [1.165, 1.54) is 27.7 Å². The first kappa shape index (κ1) is 24.0. The van der Waals surface area contributed by atoms with Crippen molar-refractivity contribution in [1.29, 1.82) is 0 Å². The number of nitrogens with two attached hydrogens (primary N) is 1. The van der Waals surface area contributed by atoms with Crippen molar-refractivity contribution in [3.05, 3.63) is 39.8 Å². The molecule has 2 aliphatic rings. The number of phenols is 2. The quantitative estimate of drug-likeness (QED) is 0.288. The number of phenolic OH excluding ortho intramolecular Hbond substituents is 2. The first-order valence-electron chi connectivity index (χ1n) is 10.6. The van der Waals surface area contributed by atoms with Gasteiger partial charge in [-0.3, -0.25) is 19.2 Å². The molecule has 0 saturated carbocycles. The van der Waals surface area contributed by atoms with Gasteiger partial charge in [-0.05, 0) is 40.0 Å². The SMILES string of the molecule is CC(=O)c1c(O)c(C)c(O)c2c1OC1=CC(=O)C(=C(C)N[C@@H](CC(C)C)C(N)=O)C(=O)[C@@]12C. The molecule has 9 nitrogen and oxygen atoms in total. The van der Waals surface area contributed by atoms with Crippen LogP contribution < -0.4 is 15.8 Å². The van der Waals surface area contributed by atoms with Gasteiger partial charge in [-0.15, -0.1) is 0 Å². The van der Waals surface area contributed by atoms with Gasteiger partial charge in [0.1, 0.15) is 40.0 Å². The van der Waals surface area contributed by atoms with Gasteiger partial charge >= 0.3 is 0 Å². The molecule has 0 bridgehead atoms. The van der Waals surface area contributed by atoms with Gasteiger partial charge < -0.3 is 26.0 Å². The third kappa shape index (κ3) is 3.57. The third-order valence-electron chi connectivity index (χ3n) is 6.20. The topological polar surface area (TPSA) is 156 Å². The smallest absolute Gasteiger partial charge is 0.239 e. The summed E-state index contributed by atoms with van der Waals surface area (Å²) < 4.78 is 5.73. The van der Waals surface area contributed by atoms with Crippen LogP contribution in [0, 0.1) is 12.8 Å². The lowest BCUT2D eigenvalue weighted by Crippen LogP contribution is -2.45. The summed E-state index contributed by atoms with van der Waals surface area (Å²) in [4.78, 5) is 50.8. The summed E-state index contributed by atoms with van der Waals surface area (Å²) >= 11 is 0. The lowest BCUT2D eigenvalue weighted by atomic mass is 9.70. The molecule has 2 atom stereocenters. The summed E-state index contributed by atoms with van der Waals surface area (Å²) in [5.41, 5.74) is 3.68. The zero-order valence-electron chi connectivity index (χ0n) is 19.5. The van der Waals surface area contributed by atoms with Crippen molar-refractivity contribution in [2.45, 2.75) is 59.4 Å². The number of amides is 1. The average Bonchev–Trinajstić information content (AvgIpc) is 2.98. The van der Waals surface area contributed by atoms with Gasteiger partial charge in [0.25, 0.3) is 0 Å². The molecule has 0 unspecified atom stereocenters. The number of primary amides is 1. The molecule has 0 fully saturated rings. The second-order valence-electron chi connectivity index (χ2n) is 9.12. The van der Waals surface area contributed by atoms with E-state index in [2.05, 4.69) is 5.32 Å². The van der Waals surface area contributed by atoms with Crippen LogP contribution >= 0.6 is 0 Å². The first-order chi connectivity index (χ1) is 15.2. The minimum Gasteiger partial charge on any atom is -0.507 e. The summed E-state index contributed by atoms with van der Waals surface area (Å²) in [5.74, 6) is -3.40. The van der Waals surface area contributed by atoms with Gasteiger partial charge in [0.05, 0.1) is 11.1 Å². The zero-order chi connectivity index (χ0) is 25.0. The van der Waals surface area contributed by atoms with Gasteiger partial charge in [0.2, 0.25) is 5.91 Å². The van der Waals surface area contributed by atoms with Crippen molar-refractivity contribution < 1.29 is 34.1 Å². The summed E-state index contributed by atoms with van der Waals surface area (Å²) in [6.45, 7) is 9.43. The van der Waals surface area contributed by atoms with E-state index in [1.807, 2.05) is 13.8 Å². The largest absolute Gasteiger partial charge is 0.507 e. The van der Waals surface area contributed by atoms with Crippen LogP contribution in [0.1, 0.15) is 62.5 Å². The van der Waals surface area contributed by atoms with E-state index in [0.29, 0.717) is 6.42 Å². The van der Waals surface area contributed by atoms with Gasteiger partial charge in [-0.1, -0.05) is 13.8 Å². The molecule has 33 heavy (non-hydrogen) atoms. The Morgan fingerprint density at radius 1 is 1.18 bits per heavy atom. The van der Waals surface area contributed by atoms with Crippen molar-refractivity contribution in [3.63, 3.8) is 0 Å². The zero-order valence-corrected chi connectivity index (χ0v) is 19.5. The second-order valence-corrected chi connectivity index (χ2v) is 9.12. The molecule has 1 aliphatic carbocycles. The van der Waals surface area contributed by atoms with Crippen LogP contribution in [-0.2, 0) is 19.8 Å². The molecule has 9 heteroatoms. The maximum Gasteiger partial charge on any atom is 0.239 e. The highest BCUT2D eigenvalue weighted by Crippen LogP contribution is 2.57. The van der Waals surface area contributed by atoms with E-state index in [-0.39, 0.29) is 45.4 Å². The van der Waals surface area contributed by atoms with Gasteiger partial charge in [-0.2, -0.15) is 0 Å². The predicted molar refractivity (Wildman–Crippen MR) is 119 cm³/mol. The summed E-state index contributed by atoms with van der Waals surface area (Å²) in [6, 6.07) is -0.791. The standard InChI is InChI=1S/C24H28N2O7/c1-9(2)7-13(23(25)32)26-11(4)16-14(28)8-15-24(6,22(16)31)18-20(30)10(3)19(29)17(12(5)27)21(18)33-15/h8-9,13,26,29-30H,7H2,1-6H3,(H2,25,32)/t13-,24-/m0/s1. The Labute approximate surface area is 191 Å². The fourth-order valence-electron chi connectivity index (χ4n) is 4.41. The number of hydrogen-bond donors (Lipinski definition) is 4. The number of benzene rings is 1. The molecule has 1 aliphatic heterocycles. The van der Waals surface area contributed by atoms with E-state index in [4.69, 9.17) is 10.5 Å². The van der Waals surface area contributed by atoms with Crippen LogP contribution in [0.15, 0.2) is 23.1 Å². The third-order valence-corrected chi connectivity index (χ3v) is 6.20. The van der Waals surface area contributed by atoms with E-state index >= 15 is 0 Å². The molecule has 0 saturated heterocycles. The summed E-state index contributed by atoms with van der Waals surface area (Å²) in [5, 5.41) is 24.1. The average molecular weight is 456 g/mol. The summed E-state index contributed by atoms with van der Waals surface area (Å²) in [6.07, 6.45) is 1.52. The molecule has 1 aromatic carbocycles. The van der Waals surface area contributed by atoms with E-state index < -0.39 is 46.2 Å². The van der Waals surface area contributed by atoms with Gasteiger partial charge in [-0.25, -0.2) is 0 Å². The van der Waals surface area contributed by atoms with Crippen molar-refractivity contribution in [2.24, 2.45) is 11.7 Å². The van der Waals surface area contributed by atoms with E-state index in [0.717, 1.165) is 6.08 Å². The van der Waals surface area contributed by atoms with Crippen LogP contribution in [-0.4, -0.2) is 39.5 Å². The highest BCUT2D eigenvalue weighted by Gasteiger charge is 2.56. The number of fused-ring (bicyclic) bond motifs is 3. The maximum absolute atomic E-state index is 13.7. The molecule has 1 amide bonds. The van der Waals surface area contributed by atoms with Crippen molar-refractivity contribution in [2.75, 3.05) is 0 Å². The number of nitrogens with one attached hydrogen (secondary N) is 1. The lowest BCUT2D eigenvalue weighted by Gasteiger charge is -2.29. The predicted octanol–water partition coefficient (Wildman–Crippen LogP) is 2.06. The second kappa shape index (κ2) is 8.06. The van der Waals surface area contributed by atoms with E-state index in [1.54, 1.807) is 0 Å². The molecule has 0 radical (unpaired) electrons. The first-order valence-corrected chi connectivity index (χ1v) is 10.6. The molecule has 0 aromatic heterocycles. The Hall–Kier alpha value is -3.62. The minimum absolute atomic E-state index is 0.00526. The number of Topliss-reactive ketones (excluding diaryl/α,β-unsaturated/α-hetero) is 2. The molecule has 5 N–H and O–H groups in total. The number of allylic oxidation sites excluding steroid dienone is 4.